The lowest BCUT2D eigenvalue weighted by atomic mass is 9.85. The van der Waals surface area contributed by atoms with Crippen molar-refractivity contribution in [2.45, 2.75) is 38.5 Å². The lowest BCUT2D eigenvalue weighted by Crippen LogP contribution is -2.59. The highest BCUT2D eigenvalue weighted by Gasteiger charge is 2.41. The first kappa shape index (κ1) is 9.96. The summed E-state index contributed by atoms with van der Waals surface area (Å²) in [7, 11) is 1.75. The van der Waals surface area contributed by atoms with Gasteiger partial charge in [0.2, 0.25) is 0 Å². The van der Waals surface area contributed by atoms with Crippen LogP contribution >= 0.6 is 0 Å². The number of ether oxygens (including phenoxy) is 2. The Morgan fingerprint density at radius 3 is 2.67 bits per heavy atom. The molecule has 1 fully saturated rings. The molecule has 1 aliphatic carbocycles. The Kier molecular flexibility index (Phi) is 3.98. The molecule has 72 valence electrons. The second-order valence-corrected chi connectivity index (χ2v) is 3.09. The molecule has 0 amide bonds. The summed E-state index contributed by atoms with van der Waals surface area (Å²) in [4.78, 5) is 0. The Morgan fingerprint density at radius 2 is 2.17 bits per heavy atom. The van der Waals surface area contributed by atoms with Gasteiger partial charge in [-0.15, -0.1) is 0 Å². The van der Waals surface area contributed by atoms with Gasteiger partial charge in [0, 0.05) is 19.8 Å². The average Bonchev–Trinajstić information content (AvgIpc) is 2.03. The van der Waals surface area contributed by atoms with Crippen molar-refractivity contribution >= 4 is 0 Å². The fourth-order valence-electron chi connectivity index (χ4n) is 1.74. The van der Waals surface area contributed by atoms with Crippen molar-refractivity contribution in [3.63, 3.8) is 0 Å². The maximum absolute atomic E-state index is 5.49. The highest BCUT2D eigenvalue weighted by Crippen LogP contribution is 2.26. The molecule has 3 heteroatoms. The average molecular weight is 173 g/mol. The molecule has 12 heavy (non-hydrogen) atoms. The molecule has 3 nitrogen and oxygen atoms in total. The van der Waals surface area contributed by atoms with Crippen molar-refractivity contribution < 1.29 is 9.47 Å². The Hall–Kier alpha value is -0.120. The third-order valence-electron chi connectivity index (χ3n) is 2.37. The summed E-state index contributed by atoms with van der Waals surface area (Å²) in [5.74, 6) is 0. The normalized spacial score (nSPS) is 34.8. The molecule has 1 aliphatic rings. The number of hydrogen-bond donors (Lipinski definition) is 1. The van der Waals surface area contributed by atoms with Gasteiger partial charge in [-0.25, -0.2) is 0 Å². The fourth-order valence-corrected chi connectivity index (χ4v) is 1.74. The Morgan fingerprint density at radius 1 is 1.42 bits per heavy atom. The molecule has 0 aromatic carbocycles. The van der Waals surface area contributed by atoms with Crippen LogP contribution in [0.15, 0.2) is 0 Å². The van der Waals surface area contributed by atoms with Gasteiger partial charge in [0.1, 0.15) is 0 Å². The van der Waals surface area contributed by atoms with Crippen molar-refractivity contribution in [1.82, 2.24) is 5.32 Å². The van der Waals surface area contributed by atoms with E-state index in [-0.39, 0.29) is 6.10 Å². The molecule has 3 atom stereocenters. The summed E-state index contributed by atoms with van der Waals surface area (Å²) >= 11 is 0. The van der Waals surface area contributed by atoms with Gasteiger partial charge in [-0.2, -0.15) is 0 Å². The fraction of sp³-hybridized carbons (Fsp3) is 1.00. The minimum absolute atomic E-state index is 0.255. The molecular formula is C9H19NO2. The molecule has 0 radical (unpaired) electrons. The van der Waals surface area contributed by atoms with E-state index in [9.17, 15) is 0 Å². The van der Waals surface area contributed by atoms with Crippen LogP contribution in [0.25, 0.3) is 0 Å². The second kappa shape index (κ2) is 4.80. The third-order valence-corrected chi connectivity index (χ3v) is 2.37. The van der Waals surface area contributed by atoms with Gasteiger partial charge in [-0.3, -0.25) is 0 Å². The van der Waals surface area contributed by atoms with Crippen LogP contribution in [-0.2, 0) is 9.47 Å². The van der Waals surface area contributed by atoms with E-state index in [2.05, 4.69) is 12.2 Å². The zero-order chi connectivity index (χ0) is 8.97. The lowest BCUT2D eigenvalue weighted by Gasteiger charge is -2.43. The van der Waals surface area contributed by atoms with Crippen LogP contribution in [0.5, 0.6) is 0 Å². The molecule has 0 aromatic heterocycles. The van der Waals surface area contributed by atoms with Gasteiger partial charge < -0.3 is 14.8 Å². The summed E-state index contributed by atoms with van der Waals surface area (Å²) in [5.41, 5.74) is 0. The Bertz CT molecular complexity index is 118. The number of nitrogens with one attached hydrogen (secondary N) is 1. The Balaban J connectivity index is 2.25. The third kappa shape index (κ3) is 1.97. The molecule has 1 rings (SSSR count). The van der Waals surface area contributed by atoms with Crippen molar-refractivity contribution in [2.75, 3.05) is 20.3 Å². The van der Waals surface area contributed by atoms with E-state index in [4.69, 9.17) is 9.47 Å². The predicted molar refractivity (Wildman–Crippen MR) is 48.3 cm³/mol. The molecule has 1 saturated carbocycles. The number of hydrogen-bond acceptors (Lipinski definition) is 3. The topological polar surface area (TPSA) is 30.5 Å². The van der Waals surface area contributed by atoms with Crippen molar-refractivity contribution in [3.8, 4) is 0 Å². The van der Waals surface area contributed by atoms with E-state index in [1.54, 1.807) is 7.11 Å². The molecule has 3 unspecified atom stereocenters. The van der Waals surface area contributed by atoms with Crippen molar-refractivity contribution in [3.05, 3.63) is 0 Å². The minimum Gasteiger partial charge on any atom is -0.377 e. The van der Waals surface area contributed by atoms with Gasteiger partial charge in [-0.1, -0.05) is 6.92 Å². The van der Waals surface area contributed by atoms with Crippen LogP contribution in [0, 0.1) is 0 Å². The number of methoxy groups -OCH3 is 1. The van der Waals surface area contributed by atoms with Crippen LogP contribution in [0.4, 0.5) is 0 Å². The molecule has 0 heterocycles. The van der Waals surface area contributed by atoms with Gasteiger partial charge in [0.25, 0.3) is 0 Å². The number of likely N-dealkylation sites (N-methyl/N-ethyl adjacent to an activating group) is 1. The van der Waals surface area contributed by atoms with Gasteiger partial charge >= 0.3 is 0 Å². The van der Waals surface area contributed by atoms with Gasteiger partial charge in [0.15, 0.2) is 0 Å². The standard InChI is InChI=1S/C9H19NO2/c1-4-10-7-6-8(12-5-2)9(7)11-3/h7-10H,4-6H2,1-3H3. The summed E-state index contributed by atoms with van der Waals surface area (Å²) in [6.45, 7) is 5.92. The van der Waals surface area contributed by atoms with E-state index < -0.39 is 0 Å². The maximum Gasteiger partial charge on any atom is 0.0986 e. The first-order chi connectivity index (χ1) is 5.83. The Labute approximate surface area is 74.4 Å². The van der Waals surface area contributed by atoms with Crippen LogP contribution in [0.2, 0.25) is 0 Å². The smallest absolute Gasteiger partial charge is 0.0986 e. The highest BCUT2D eigenvalue weighted by atomic mass is 16.5. The van der Waals surface area contributed by atoms with Crippen LogP contribution in [0.3, 0.4) is 0 Å². The molecule has 0 spiro atoms. The summed E-state index contributed by atoms with van der Waals surface area (Å²) in [5, 5.41) is 3.37. The van der Waals surface area contributed by atoms with Crippen LogP contribution < -0.4 is 5.32 Å². The van der Waals surface area contributed by atoms with E-state index in [1.807, 2.05) is 6.92 Å². The van der Waals surface area contributed by atoms with Gasteiger partial charge in [0.05, 0.1) is 12.2 Å². The maximum atomic E-state index is 5.49. The number of rotatable bonds is 5. The van der Waals surface area contributed by atoms with E-state index in [0.29, 0.717) is 12.1 Å². The van der Waals surface area contributed by atoms with Crippen molar-refractivity contribution in [2.24, 2.45) is 0 Å². The summed E-state index contributed by atoms with van der Waals surface area (Å²) < 4.78 is 10.8. The molecule has 0 saturated heterocycles. The quantitative estimate of drug-likeness (QED) is 0.666. The minimum atomic E-state index is 0.255. The first-order valence-corrected chi connectivity index (χ1v) is 4.71. The highest BCUT2D eigenvalue weighted by molar-refractivity contribution is 4.96. The van der Waals surface area contributed by atoms with Gasteiger partial charge in [-0.05, 0) is 19.9 Å². The molecular weight excluding hydrogens is 154 g/mol. The monoisotopic (exact) mass is 173 g/mol. The zero-order valence-corrected chi connectivity index (χ0v) is 8.17. The molecule has 0 aromatic rings. The van der Waals surface area contributed by atoms with E-state index in [0.717, 1.165) is 19.6 Å². The van der Waals surface area contributed by atoms with Crippen LogP contribution in [0.1, 0.15) is 20.3 Å². The predicted octanol–water partition coefficient (Wildman–Crippen LogP) is 0.788. The summed E-state index contributed by atoms with van der Waals surface area (Å²) in [6.07, 6.45) is 1.65. The SMILES string of the molecule is CCNC1CC(OCC)C1OC. The largest absolute Gasteiger partial charge is 0.377 e. The first-order valence-electron chi connectivity index (χ1n) is 4.71. The summed E-state index contributed by atoms with van der Waals surface area (Å²) in [6, 6.07) is 0.497. The zero-order valence-electron chi connectivity index (χ0n) is 8.17. The second-order valence-electron chi connectivity index (χ2n) is 3.09. The molecule has 0 bridgehead atoms. The molecule has 0 aliphatic heterocycles. The molecule has 1 N–H and O–H groups in total. The van der Waals surface area contributed by atoms with Crippen molar-refractivity contribution in [1.29, 1.82) is 0 Å². The lowest BCUT2D eigenvalue weighted by molar-refractivity contribution is -0.130. The van der Waals surface area contributed by atoms with E-state index >= 15 is 0 Å². The van der Waals surface area contributed by atoms with Crippen LogP contribution in [-0.4, -0.2) is 38.5 Å². The van der Waals surface area contributed by atoms with E-state index in [1.165, 1.54) is 0 Å².